The van der Waals surface area contributed by atoms with Gasteiger partial charge < -0.3 is 5.32 Å². The maximum Gasteiger partial charge on any atom is 0.123 e. The molecule has 0 aromatic heterocycles. The second-order valence-corrected chi connectivity index (χ2v) is 4.90. The lowest BCUT2D eigenvalue weighted by molar-refractivity contribution is 0.628. The highest BCUT2D eigenvalue weighted by atomic mass is 35.5. The number of benzene rings is 2. The van der Waals surface area contributed by atoms with Gasteiger partial charge in [-0.05, 0) is 47.9 Å². The molecule has 0 amide bonds. The fourth-order valence-electron chi connectivity index (χ4n) is 1.91. The number of rotatable bonds is 5. The molecule has 2 rings (SSSR count). The first-order valence-electron chi connectivity index (χ1n) is 6.46. The van der Waals surface area contributed by atoms with Crippen LogP contribution in [-0.2, 0) is 6.54 Å². The van der Waals surface area contributed by atoms with Crippen molar-refractivity contribution in [1.82, 2.24) is 5.32 Å². The van der Waals surface area contributed by atoms with Gasteiger partial charge in [-0.15, -0.1) is 0 Å². The quantitative estimate of drug-likeness (QED) is 0.785. The lowest BCUT2D eigenvalue weighted by Crippen LogP contribution is -2.13. The van der Waals surface area contributed by atoms with Crippen LogP contribution in [0.15, 0.2) is 42.5 Å². The molecule has 0 saturated carbocycles. The van der Waals surface area contributed by atoms with Crippen molar-refractivity contribution in [2.75, 3.05) is 6.54 Å². The van der Waals surface area contributed by atoms with Gasteiger partial charge in [0.2, 0.25) is 0 Å². The minimum absolute atomic E-state index is 0.227. The van der Waals surface area contributed by atoms with Crippen molar-refractivity contribution in [3.8, 4) is 11.1 Å². The van der Waals surface area contributed by atoms with Gasteiger partial charge in [0.05, 0.1) is 0 Å². The summed E-state index contributed by atoms with van der Waals surface area (Å²) in [5, 5.41) is 4.07. The Morgan fingerprint density at radius 1 is 1.05 bits per heavy atom. The molecule has 0 spiro atoms. The van der Waals surface area contributed by atoms with E-state index in [0.717, 1.165) is 41.2 Å². The summed E-state index contributed by atoms with van der Waals surface area (Å²) in [7, 11) is 0. The Bertz CT molecular complexity index is 537. The van der Waals surface area contributed by atoms with Gasteiger partial charge in [0, 0.05) is 11.6 Å². The van der Waals surface area contributed by atoms with Gasteiger partial charge in [-0.1, -0.05) is 42.8 Å². The van der Waals surface area contributed by atoms with Crippen molar-refractivity contribution in [3.05, 3.63) is 58.9 Å². The number of hydrogen-bond acceptors (Lipinski definition) is 1. The lowest BCUT2D eigenvalue weighted by atomic mass is 10.0. The second-order valence-electron chi connectivity index (χ2n) is 4.49. The maximum atomic E-state index is 12.9. The van der Waals surface area contributed by atoms with Gasteiger partial charge >= 0.3 is 0 Å². The molecule has 0 atom stereocenters. The molecule has 3 heteroatoms. The van der Waals surface area contributed by atoms with Crippen LogP contribution in [0.1, 0.15) is 18.9 Å². The van der Waals surface area contributed by atoms with Crippen molar-refractivity contribution in [3.63, 3.8) is 0 Å². The minimum Gasteiger partial charge on any atom is -0.313 e. The summed E-state index contributed by atoms with van der Waals surface area (Å²) in [6, 6.07) is 12.4. The largest absolute Gasteiger partial charge is 0.313 e. The van der Waals surface area contributed by atoms with Crippen molar-refractivity contribution in [2.24, 2.45) is 0 Å². The van der Waals surface area contributed by atoms with Gasteiger partial charge in [0.15, 0.2) is 0 Å². The SMILES string of the molecule is CCCNCc1ccc(-c2ccc(F)cc2)cc1Cl. The van der Waals surface area contributed by atoms with Crippen LogP contribution in [0.3, 0.4) is 0 Å². The summed E-state index contributed by atoms with van der Waals surface area (Å²) in [6.07, 6.45) is 1.10. The number of halogens is 2. The highest BCUT2D eigenvalue weighted by Gasteiger charge is 2.04. The lowest BCUT2D eigenvalue weighted by Gasteiger charge is -2.08. The molecule has 2 aromatic carbocycles. The van der Waals surface area contributed by atoms with Gasteiger partial charge in [-0.3, -0.25) is 0 Å². The summed E-state index contributed by atoms with van der Waals surface area (Å²) in [5.41, 5.74) is 3.06. The molecule has 19 heavy (non-hydrogen) atoms. The van der Waals surface area contributed by atoms with E-state index in [-0.39, 0.29) is 5.82 Å². The topological polar surface area (TPSA) is 12.0 Å². The first-order chi connectivity index (χ1) is 9.20. The molecule has 1 nitrogen and oxygen atoms in total. The predicted molar refractivity (Wildman–Crippen MR) is 78.8 cm³/mol. The molecular weight excluding hydrogens is 261 g/mol. The van der Waals surface area contributed by atoms with Crippen LogP contribution in [0.5, 0.6) is 0 Å². The summed E-state index contributed by atoms with van der Waals surface area (Å²) in [5.74, 6) is -0.227. The van der Waals surface area contributed by atoms with E-state index in [1.165, 1.54) is 12.1 Å². The van der Waals surface area contributed by atoms with E-state index in [1.807, 2.05) is 18.2 Å². The Kier molecular flexibility index (Phi) is 4.94. The van der Waals surface area contributed by atoms with E-state index in [2.05, 4.69) is 12.2 Å². The number of nitrogens with one attached hydrogen (secondary N) is 1. The highest BCUT2D eigenvalue weighted by molar-refractivity contribution is 6.31. The van der Waals surface area contributed by atoms with E-state index in [1.54, 1.807) is 12.1 Å². The van der Waals surface area contributed by atoms with E-state index >= 15 is 0 Å². The molecule has 0 radical (unpaired) electrons. The molecule has 0 bridgehead atoms. The van der Waals surface area contributed by atoms with E-state index in [4.69, 9.17) is 11.6 Å². The maximum absolute atomic E-state index is 12.9. The minimum atomic E-state index is -0.227. The van der Waals surface area contributed by atoms with Crippen molar-refractivity contribution in [2.45, 2.75) is 19.9 Å². The predicted octanol–water partition coefficient (Wildman–Crippen LogP) is 4.65. The zero-order chi connectivity index (χ0) is 13.7. The molecule has 0 unspecified atom stereocenters. The average molecular weight is 278 g/mol. The van der Waals surface area contributed by atoms with Gasteiger partial charge in [0.1, 0.15) is 5.82 Å². The molecule has 100 valence electrons. The zero-order valence-corrected chi connectivity index (χ0v) is 11.7. The second kappa shape index (κ2) is 6.69. The van der Waals surface area contributed by atoms with Crippen LogP contribution >= 0.6 is 11.6 Å². The van der Waals surface area contributed by atoms with Crippen LogP contribution in [0.25, 0.3) is 11.1 Å². The first kappa shape index (κ1) is 14.0. The smallest absolute Gasteiger partial charge is 0.123 e. The van der Waals surface area contributed by atoms with Crippen molar-refractivity contribution in [1.29, 1.82) is 0 Å². The summed E-state index contributed by atoms with van der Waals surface area (Å²) in [6.45, 7) is 3.89. The molecule has 0 heterocycles. The van der Waals surface area contributed by atoms with Crippen LogP contribution in [0.4, 0.5) is 4.39 Å². The molecular formula is C16H17ClFN. The van der Waals surface area contributed by atoms with Crippen LogP contribution in [0, 0.1) is 5.82 Å². The molecule has 0 aliphatic carbocycles. The monoisotopic (exact) mass is 277 g/mol. The average Bonchev–Trinajstić information content (AvgIpc) is 2.42. The van der Waals surface area contributed by atoms with Crippen LogP contribution < -0.4 is 5.32 Å². The van der Waals surface area contributed by atoms with Crippen molar-refractivity contribution >= 4 is 11.6 Å². The fraction of sp³-hybridized carbons (Fsp3) is 0.250. The van der Waals surface area contributed by atoms with Gasteiger partial charge in [-0.2, -0.15) is 0 Å². The third kappa shape index (κ3) is 3.79. The van der Waals surface area contributed by atoms with E-state index < -0.39 is 0 Å². The molecule has 0 fully saturated rings. The molecule has 0 aliphatic rings. The Hall–Kier alpha value is -1.38. The summed E-state index contributed by atoms with van der Waals surface area (Å²) >= 11 is 6.28. The van der Waals surface area contributed by atoms with E-state index in [9.17, 15) is 4.39 Å². The first-order valence-corrected chi connectivity index (χ1v) is 6.83. The van der Waals surface area contributed by atoms with Crippen LogP contribution in [0.2, 0.25) is 5.02 Å². The summed E-state index contributed by atoms with van der Waals surface area (Å²) < 4.78 is 12.9. The molecule has 2 aromatic rings. The Labute approximate surface area is 118 Å². The Morgan fingerprint density at radius 3 is 2.37 bits per heavy atom. The van der Waals surface area contributed by atoms with Gasteiger partial charge in [0.25, 0.3) is 0 Å². The van der Waals surface area contributed by atoms with E-state index in [0.29, 0.717) is 0 Å². The Balaban J connectivity index is 2.16. The third-order valence-corrected chi connectivity index (χ3v) is 3.32. The third-order valence-electron chi connectivity index (χ3n) is 2.97. The molecule has 1 N–H and O–H groups in total. The fourth-order valence-corrected chi connectivity index (χ4v) is 2.16. The molecule has 0 aliphatic heterocycles. The summed E-state index contributed by atoms with van der Waals surface area (Å²) in [4.78, 5) is 0. The highest BCUT2D eigenvalue weighted by Crippen LogP contribution is 2.25. The number of hydrogen-bond donors (Lipinski definition) is 1. The molecule has 0 saturated heterocycles. The van der Waals surface area contributed by atoms with Gasteiger partial charge in [-0.25, -0.2) is 4.39 Å². The van der Waals surface area contributed by atoms with Crippen molar-refractivity contribution < 1.29 is 4.39 Å². The normalized spacial score (nSPS) is 10.7. The standard InChI is InChI=1S/C16H17ClFN/c1-2-9-19-11-14-4-3-13(10-16(14)17)12-5-7-15(18)8-6-12/h3-8,10,19H,2,9,11H2,1H3. The zero-order valence-electron chi connectivity index (χ0n) is 10.9. The Morgan fingerprint density at radius 2 is 1.74 bits per heavy atom. The van der Waals surface area contributed by atoms with Crippen LogP contribution in [-0.4, -0.2) is 6.54 Å².